The van der Waals surface area contributed by atoms with Crippen molar-refractivity contribution in [2.45, 2.75) is 18.9 Å². The van der Waals surface area contributed by atoms with Crippen LogP contribution in [0.5, 0.6) is 0 Å². The van der Waals surface area contributed by atoms with Gasteiger partial charge in [0.25, 0.3) is 0 Å². The van der Waals surface area contributed by atoms with Gasteiger partial charge in [0.15, 0.2) is 5.43 Å². The Morgan fingerprint density at radius 3 is 2.82 bits per heavy atom. The number of para-hydroxylation sites is 1. The van der Waals surface area contributed by atoms with Gasteiger partial charge in [-0.2, -0.15) is 0 Å². The number of H-pyrrole nitrogens is 1. The number of aromatic amines is 1. The SMILES string of the molecule is CCOCc1c(CBr)[nH]c2ccccc2c1=O. The number of aromatic nitrogens is 1. The number of alkyl halides is 1. The number of halogens is 1. The lowest BCUT2D eigenvalue weighted by Crippen LogP contribution is -2.15. The van der Waals surface area contributed by atoms with Crippen molar-refractivity contribution >= 4 is 26.8 Å². The number of hydrogen-bond donors (Lipinski definition) is 1. The highest BCUT2D eigenvalue weighted by Crippen LogP contribution is 2.14. The van der Waals surface area contributed by atoms with E-state index in [1.54, 1.807) is 0 Å². The van der Waals surface area contributed by atoms with Crippen molar-refractivity contribution in [3.63, 3.8) is 0 Å². The summed E-state index contributed by atoms with van der Waals surface area (Å²) >= 11 is 3.39. The van der Waals surface area contributed by atoms with E-state index in [4.69, 9.17) is 4.74 Å². The maximum Gasteiger partial charge on any atom is 0.195 e. The van der Waals surface area contributed by atoms with Crippen LogP contribution in [0.25, 0.3) is 10.9 Å². The fourth-order valence-electron chi connectivity index (χ4n) is 1.80. The normalized spacial score (nSPS) is 10.9. The zero-order chi connectivity index (χ0) is 12.3. The topological polar surface area (TPSA) is 42.1 Å². The Hall–Kier alpha value is -1.13. The standard InChI is InChI=1S/C13H14BrNO2/c1-2-17-8-10-12(7-14)15-11-6-4-3-5-9(11)13(10)16/h3-6H,2,7-8H2,1H3,(H,15,16). The van der Waals surface area contributed by atoms with Crippen LogP contribution in [0.15, 0.2) is 29.1 Å². The highest BCUT2D eigenvalue weighted by molar-refractivity contribution is 9.08. The van der Waals surface area contributed by atoms with Crippen molar-refractivity contribution in [2.24, 2.45) is 0 Å². The number of fused-ring (bicyclic) bond motifs is 1. The van der Waals surface area contributed by atoms with E-state index in [0.717, 1.165) is 11.2 Å². The van der Waals surface area contributed by atoms with Gasteiger partial charge in [0, 0.05) is 34.1 Å². The third-order valence-corrected chi connectivity index (χ3v) is 3.24. The van der Waals surface area contributed by atoms with Gasteiger partial charge in [0.05, 0.1) is 6.61 Å². The van der Waals surface area contributed by atoms with Crippen molar-refractivity contribution in [1.82, 2.24) is 4.98 Å². The number of ether oxygens (including phenoxy) is 1. The number of rotatable bonds is 4. The minimum Gasteiger partial charge on any atom is -0.377 e. The van der Waals surface area contributed by atoms with Gasteiger partial charge in [-0.25, -0.2) is 0 Å². The van der Waals surface area contributed by atoms with E-state index >= 15 is 0 Å². The summed E-state index contributed by atoms with van der Waals surface area (Å²) in [5.74, 6) is 0. The van der Waals surface area contributed by atoms with Crippen molar-refractivity contribution in [3.05, 3.63) is 45.7 Å². The maximum atomic E-state index is 12.3. The molecule has 0 saturated heterocycles. The number of pyridine rings is 1. The Labute approximate surface area is 108 Å². The molecule has 0 spiro atoms. The van der Waals surface area contributed by atoms with E-state index in [-0.39, 0.29) is 5.43 Å². The predicted octanol–water partition coefficient (Wildman–Crippen LogP) is 2.96. The monoisotopic (exact) mass is 295 g/mol. The zero-order valence-corrected chi connectivity index (χ0v) is 11.2. The van der Waals surface area contributed by atoms with Crippen LogP contribution >= 0.6 is 15.9 Å². The van der Waals surface area contributed by atoms with Crippen molar-refractivity contribution < 1.29 is 4.74 Å². The molecule has 2 aromatic rings. The largest absolute Gasteiger partial charge is 0.377 e. The summed E-state index contributed by atoms with van der Waals surface area (Å²) in [6.45, 7) is 2.88. The zero-order valence-electron chi connectivity index (χ0n) is 9.63. The first kappa shape index (κ1) is 12.3. The molecular weight excluding hydrogens is 282 g/mol. The van der Waals surface area contributed by atoms with Gasteiger partial charge in [-0.15, -0.1) is 0 Å². The Morgan fingerprint density at radius 1 is 1.35 bits per heavy atom. The molecule has 0 radical (unpaired) electrons. The first-order chi connectivity index (χ1) is 8.27. The van der Waals surface area contributed by atoms with Gasteiger partial charge >= 0.3 is 0 Å². The predicted molar refractivity (Wildman–Crippen MR) is 72.5 cm³/mol. The Balaban J connectivity index is 2.63. The molecule has 2 rings (SSSR count). The minimum absolute atomic E-state index is 0.0576. The molecule has 0 atom stereocenters. The van der Waals surface area contributed by atoms with E-state index in [2.05, 4.69) is 20.9 Å². The first-order valence-electron chi connectivity index (χ1n) is 5.54. The molecule has 1 aromatic carbocycles. The highest BCUT2D eigenvalue weighted by atomic mass is 79.9. The second-order valence-corrected chi connectivity index (χ2v) is 4.29. The lowest BCUT2D eigenvalue weighted by atomic mass is 10.1. The van der Waals surface area contributed by atoms with E-state index in [0.29, 0.717) is 29.5 Å². The van der Waals surface area contributed by atoms with Crippen LogP contribution in [0, 0.1) is 0 Å². The van der Waals surface area contributed by atoms with E-state index in [1.807, 2.05) is 31.2 Å². The number of benzene rings is 1. The van der Waals surface area contributed by atoms with Gasteiger partial charge in [0.1, 0.15) is 0 Å². The maximum absolute atomic E-state index is 12.3. The Bertz CT molecular complexity index is 577. The molecule has 1 aromatic heterocycles. The van der Waals surface area contributed by atoms with Crippen LogP contribution in [0.3, 0.4) is 0 Å². The van der Waals surface area contributed by atoms with Gasteiger partial charge in [0.2, 0.25) is 0 Å². The average Bonchev–Trinajstić information content (AvgIpc) is 2.37. The molecule has 4 heteroatoms. The molecule has 0 unspecified atom stereocenters. The second-order valence-electron chi connectivity index (χ2n) is 3.73. The third-order valence-electron chi connectivity index (χ3n) is 2.68. The van der Waals surface area contributed by atoms with E-state index in [9.17, 15) is 4.79 Å². The van der Waals surface area contributed by atoms with Crippen LogP contribution < -0.4 is 5.43 Å². The minimum atomic E-state index is 0.0576. The molecule has 0 bridgehead atoms. The third kappa shape index (κ3) is 2.42. The average molecular weight is 296 g/mol. The molecule has 0 fully saturated rings. The Morgan fingerprint density at radius 2 is 2.12 bits per heavy atom. The molecule has 0 amide bonds. The van der Waals surface area contributed by atoms with Gasteiger partial charge < -0.3 is 9.72 Å². The molecular formula is C13H14BrNO2. The fourth-order valence-corrected chi connectivity index (χ4v) is 2.28. The lowest BCUT2D eigenvalue weighted by Gasteiger charge is -2.09. The summed E-state index contributed by atoms with van der Waals surface area (Å²) in [6.07, 6.45) is 0. The molecule has 0 aliphatic heterocycles. The summed E-state index contributed by atoms with van der Waals surface area (Å²) in [5, 5.41) is 1.34. The van der Waals surface area contributed by atoms with Crippen LogP contribution in [0.2, 0.25) is 0 Å². The van der Waals surface area contributed by atoms with Crippen molar-refractivity contribution in [2.75, 3.05) is 6.61 Å². The summed E-state index contributed by atoms with van der Waals surface area (Å²) in [6, 6.07) is 7.53. The van der Waals surface area contributed by atoms with E-state index in [1.165, 1.54) is 0 Å². The molecule has 0 saturated carbocycles. The second kappa shape index (κ2) is 5.47. The van der Waals surface area contributed by atoms with Crippen LogP contribution in [-0.2, 0) is 16.7 Å². The van der Waals surface area contributed by atoms with Crippen molar-refractivity contribution in [1.29, 1.82) is 0 Å². The lowest BCUT2D eigenvalue weighted by molar-refractivity contribution is 0.133. The summed E-state index contributed by atoms with van der Waals surface area (Å²) < 4.78 is 5.35. The summed E-state index contributed by atoms with van der Waals surface area (Å²) in [4.78, 5) is 15.6. The van der Waals surface area contributed by atoms with Crippen LogP contribution in [-0.4, -0.2) is 11.6 Å². The van der Waals surface area contributed by atoms with Gasteiger partial charge in [-0.1, -0.05) is 28.1 Å². The smallest absolute Gasteiger partial charge is 0.195 e. The van der Waals surface area contributed by atoms with E-state index < -0.39 is 0 Å². The van der Waals surface area contributed by atoms with Gasteiger partial charge in [-0.05, 0) is 19.1 Å². The molecule has 1 N–H and O–H groups in total. The van der Waals surface area contributed by atoms with Crippen molar-refractivity contribution in [3.8, 4) is 0 Å². The molecule has 1 heterocycles. The molecule has 0 aliphatic rings. The summed E-state index contributed by atoms with van der Waals surface area (Å²) in [7, 11) is 0. The Kier molecular flexibility index (Phi) is 3.97. The fraction of sp³-hybridized carbons (Fsp3) is 0.308. The highest BCUT2D eigenvalue weighted by Gasteiger charge is 2.10. The van der Waals surface area contributed by atoms with Crippen LogP contribution in [0.1, 0.15) is 18.2 Å². The number of nitrogens with one attached hydrogen (secondary N) is 1. The molecule has 90 valence electrons. The van der Waals surface area contributed by atoms with Crippen LogP contribution in [0.4, 0.5) is 0 Å². The van der Waals surface area contributed by atoms with Gasteiger partial charge in [-0.3, -0.25) is 4.79 Å². The first-order valence-corrected chi connectivity index (χ1v) is 6.66. The number of hydrogen-bond acceptors (Lipinski definition) is 2. The molecule has 0 aliphatic carbocycles. The molecule has 17 heavy (non-hydrogen) atoms. The molecule has 3 nitrogen and oxygen atoms in total. The quantitative estimate of drug-likeness (QED) is 0.881. The summed E-state index contributed by atoms with van der Waals surface area (Å²) in [5.41, 5.74) is 2.53.